The molecule has 0 atom stereocenters. The Morgan fingerprint density at radius 3 is 2.45 bits per heavy atom. The molecule has 2 aromatic carbocycles. The molecule has 0 saturated carbocycles. The summed E-state index contributed by atoms with van der Waals surface area (Å²) >= 11 is 0. The van der Waals surface area contributed by atoms with Gasteiger partial charge in [-0.15, -0.1) is 6.42 Å². The minimum atomic E-state index is -3.91. The highest BCUT2D eigenvalue weighted by Gasteiger charge is 2.19. The van der Waals surface area contributed by atoms with Crippen LogP contribution in [0.25, 0.3) is 0 Å². The van der Waals surface area contributed by atoms with E-state index in [-0.39, 0.29) is 28.4 Å². The first kappa shape index (κ1) is 23.9. The number of nitrogens with one attached hydrogen (secondary N) is 3. The summed E-state index contributed by atoms with van der Waals surface area (Å²) in [6.07, 6.45) is 4.27. The number of hydrogen-bond donors (Lipinski definition) is 3. The second-order valence-corrected chi connectivity index (χ2v) is 9.09. The van der Waals surface area contributed by atoms with Crippen LogP contribution in [0.3, 0.4) is 0 Å². The number of benzene rings is 2. The predicted octanol–water partition coefficient (Wildman–Crippen LogP) is 3.34. The first-order valence-corrected chi connectivity index (χ1v) is 10.5. The Labute approximate surface area is 180 Å². The lowest BCUT2D eigenvalue weighted by atomic mass is 10.2. The highest BCUT2D eigenvalue weighted by Crippen LogP contribution is 2.25. The van der Waals surface area contributed by atoms with E-state index < -0.39 is 33.4 Å². The zero-order valence-electron chi connectivity index (χ0n) is 17.2. The van der Waals surface area contributed by atoms with Gasteiger partial charge in [-0.05, 0) is 57.2 Å². The summed E-state index contributed by atoms with van der Waals surface area (Å²) in [4.78, 5) is 24.5. The fourth-order valence-electron chi connectivity index (χ4n) is 2.36. The lowest BCUT2D eigenvalue weighted by Crippen LogP contribution is -2.27. The zero-order valence-corrected chi connectivity index (χ0v) is 18.0. The molecule has 0 unspecified atom stereocenters. The Balaban J connectivity index is 2.26. The Morgan fingerprint density at radius 1 is 1.10 bits per heavy atom. The van der Waals surface area contributed by atoms with E-state index in [2.05, 4.69) is 21.3 Å². The van der Waals surface area contributed by atoms with Gasteiger partial charge in [0.05, 0.1) is 22.8 Å². The van der Waals surface area contributed by atoms with Crippen LogP contribution in [-0.4, -0.2) is 32.6 Å². The number of rotatable bonds is 6. The van der Waals surface area contributed by atoms with Crippen LogP contribution in [0.2, 0.25) is 0 Å². The van der Waals surface area contributed by atoms with Crippen molar-refractivity contribution in [2.24, 2.45) is 0 Å². The van der Waals surface area contributed by atoms with Crippen LogP contribution >= 0.6 is 0 Å². The molecule has 0 aliphatic carbocycles. The average molecular weight is 447 g/mol. The molecule has 0 heterocycles. The molecule has 0 radical (unpaired) electrons. The maximum Gasteiger partial charge on any atom is 0.412 e. The minimum absolute atomic E-state index is 0.00365. The smallest absolute Gasteiger partial charge is 0.412 e. The maximum absolute atomic E-state index is 13.7. The second-order valence-electron chi connectivity index (χ2n) is 7.33. The van der Waals surface area contributed by atoms with Crippen molar-refractivity contribution in [1.29, 1.82) is 0 Å². The number of carbonyl (C=O) groups excluding carboxylic acids is 2. The average Bonchev–Trinajstić information content (AvgIpc) is 2.67. The number of amides is 2. The predicted molar refractivity (Wildman–Crippen MR) is 115 cm³/mol. The van der Waals surface area contributed by atoms with E-state index in [4.69, 9.17) is 11.2 Å². The van der Waals surface area contributed by atoms with Gasteiger partial charge >= 0.3 is 6.09 Å². The van der Waals surface area contributed by atoms with E-state index in [0.29, 0.717) is 0 Å². The van der Waals surface area contributed by atoms with Crippen molar-refractivity contribution in [3.63, 3.8) is 0 Å². The third-order valence-electron chi connectivity index (χ3n) is 3.64. The molecule has 2 rings (SSSR count). The maximum atomic E-state index is 13.7. The van der Waals surface area contributed by atoms with Gasteiger partial charge in [0.25, 0.3) is 5.91 Å². The van der Waals surface area contributed by atoms with Crippen molar-refractivity contribution in [2.75, 3.05) is 17.2 Å². The Morgan fingerprint density at radius 2 is 1.81 bits per heavy atom. The summed E-state index contributed by atoms with van der Waals surface area (Å²) in [6, 6.07) is 8.59. The van der Waals surface area contributed by atoms with E-state index in [1.165, 1.54) is 24.3 Å². The van der Waals surface area contributed by atoms with Crippen molar-refractivity contribution >= 4 is 33.4 Å². The van der Waals surface area contributed by atoms with Crippen LogP contribution in [0.5, 0.6) is 0 Å². The van der Waals surface area contributed by atoms with Gasteiger partial charge in [-0.2, -0.15) is 4.72 Å². The van der Waals surface area contributed by atoms with Gasteiger partial charge in [0, 0.05) is 5.56 Å². The number of terminal acetylenes is 1. The van der Waals surface area contributed by atoms with Crippen molar-refractivity contribution in [3.8, 4) is 12.3 Å². The van der Waals surface area contributed by atoms with Gasteiger partial charge in [-0.1, -0.05) is 12.0 Å². The molecular formula is C21H22FN3O5S. The summed E-state index contributed by atoms with van der Waals surface area (Å²) in [7, 11) is -3.91. The molecule has 3 N–H and O–H groups in total. The van der Waals surface area contributed by atoms with Gasteiger partial charge in [0.15, 0.2) is 0 Å². The first-order valence-electron chi connectivity index (χ1n) is 9.05. The van der Waals surface area contributed by atoms with Gasteiger partial charge in [0.1, 0.15) is 11.4 Å². The summed E-state index contributed by atoms with van der Waals surface area (Å²) in [6.45, 7) is 4.83. The fourth-order valence-corrected chi connectivity index (χ4v) is 3.34. The summed E-state index contributed by atoms with van der Waals surface area (Å²) < 4.78 is 45.5. The van der Waals surface area contributed by atoms with E-state index in [1.54, 1.807) is 20.8 Å². The third-order valence-corrected chi connectivity index (χ3v) is 5.04. The molecule has 0 fully saturated rings. The van der Waals surface area contributed by atoms with Crippen LogP contribution in [0.1, 0.15) is 31.1 Å². The monoisotopic (exact) mass is 447 g/mol. The van der Waals surface area contributed by atoms with E-state index in [1.807, 2.05) is 0 Å². The molecule has 31 heavy (non-hydrogen) atoms. The molecule has 10 heteroatoms. The van der Waals surface area contributed by atoms with Gasteiger partial charge in [-0.3, -0.25) is 10.1 Å². The number of carbonyl (C=O) groups is 2. The normalized spacial score (nSPS) is 11.3. The molecule has 8 nitrogen and oxygen atoms in total. The van der Waals surface area contributed by atoms with Gasteiger partial charge < -0.3 is 10.1 Å². The first-order chi connectivity index (χ1) is 14.4. The Hall–Kier alpha value is -3.42. The van der Waals surface area contributed by atoms with E-state index >= 15 is 0 Å². The Bertz CT molecular complexity index is 1130. The SMILES string of the molecule is C#CCNS(=O)(=O)c1cccc(C(=O)Nc2cc(F)ccc2NC(=O)OC(C)(C)C)c1. The number of ether oxygens (including phenoxy) is 1. The van der Waals surface area contributed by atoms with Gasteiger partial charge in [0.2, 0.25) is 10.0 Å². The van der Waals surface area contributed by atoms with Crippen LogP contribution in [-0.2, 0) is 14.8 Å². The molecule has 0 aromatic heterocycles. The number of sulfonamides is 1. The summed E-state index contributed by atoms with van der Waals surface area (Å²) in [5.41, 5.74) is -0.693. The Kier molecular flexibility index (Phi) is 7.38. The second kappa shape index (κ2) is 9.59. The highest BCUT2D eigenvalue weighted by atomic mass is 32.2. The molecule has 2 amide bonds. The zero-order chi connectivity index (χ0) is 23.2. The van der Waals surface area contributed by atoms with Crippen LogP contribution < -0.4 is 15.4 Å². The quantitative estimate of drug-likeness (QED) is 0.588. The molecule has 2 aromatic rings. The van der Waals surface area contributed by atoms with Crippen LogP contribution in [0.15, 0.2) is 47.4 Å². The van der Waals surface area contributed by atoms with Crippen molar-refractivity contribution in [1.82, 2.24) is 4.72 Å². The minimum Gasteiger partial charge on any atom is -0.444 e. The lowest BCUT2D eigenvalue weighted by Gasteiger charge is -2.20. The van der Waals surface area contributed by atoms with Crippen molar-refractivity contribution in [2.45, 2.75) is 31.3 Å². The molecule has 164 valence electrons. The highest BCUT2D eigenvalue weighted by molar-refractivity contribution is 7.89. The topological polar surface area (TPSA) is 114 Å². The largest absolute Gasteiger partial charge is 0.444 e. The van der Waals surface area contributed by atoms with E-state index in [9.17, 15) is 22.4 Å². The van der Waals surface area contributed by atoms with E-state index in [0.717, 1.165) is 18.2 Å². The summed E-state index contributed by atoms with van der Waals surface area (Å²) in [5, 5.41) is 4.90. The number of halogens is 1. The molecular weight excluding hydrogens is 425 g/mol. The number of anilines is 2. The van der Waals surface area contributed by atoms with Crippen LogP contribution in [0, 0.1) is 18.2 Å². The van der Waals surface area contributed by atoms with Crippen molar-refractivity contribution in [3.05, 3.63) is 53.8 Å². The molecule has 0 saturated heterocycles. The molecule has 0 aliphatic rings. The van der Waals surface area contributed by atoms with Crippen molar-refractivity contribution < 1.29 is 27.1 Å². The number of hydrogen-bond acceptors (Lipinski definition) is 5. The molecule has 0 aliphatic heterocycles. The van der Waals surface area contributed by atoms with Gasteiger partial charge in [-0.25, -0.2) is 17.6 Å². The third kappa shape index (κ3) is 7.09. The molecule has 0 bridgehead atoms. The van der Waals surface area contributed by atoms with Crippen LogP contribution in [0.4, 0.5) is 20.6 Å². The summed E-state index contributed by atoms with van der Waals surface area (Å²) in [5.74, 6) is 0.786. The lowest BCUT2D eigenvalue weighted by molar-refractivity contribution is 0.0635. The molecule has 0 spiro atoms. The fraction of sp³-hybridized carbons (Fsp3) is 0.238. The standard InChI is InChI=1S/C21H22FN3O5S/c1-5-11-23-31(28,29)16-8-6-7-14(12-16)19(26)24-18-13-15(22)9-10-17(18)25-20(27)30-21(2,3)4/h1,6-10,12-13,23H,11H2,2-4H3,(H,24,26)(H,25,27).